The summed E-state index contributed by atoms with van der Waals surface area (Å²) in [5.74, 6) is 0. The van der Waals surface area contributed by atoms with Crippen LogP contribution in [0.2, 0.25) is 0 Å². The van der Waals surface area contributed by atoms with Crippen LogP contribution in [-0.2, 0) is 4.79 Å². The van der Waals surface area contributed by atoms with Gasteiger partial charge >= 0.3 is 0 Å². The van der Waals surface area contributed by atoms with Gasteiger partial charge in [0.25, 0.3) is 0 Å². The molecule has 0 aromatic heterocycles. The number of hydrogen-bond donors (Lipinski definition) is 3. The number of rotatable bonds is 2. The molecule has 46 valence electrons. The van der Waals surface area contributed by atoms with Gasteiger partial charge in [0.2, 0.25) is 6.41 Å². The van der Waals surface area contributed by atoms with Crippen molar-refractivity contribution in [2.45, 2.75) is 6.17 Å². The van der Waals surface area contributed by atoms with Crippen molar-refractivity contribution in [3.63, 3.8) is 0 Å². The molecule has 4 nitrogen and oxygen atoms in total. The molecule has 1 atom stereocenters. The van der Waals surface area contributed by atoms with Crippen LogP contribution < -0.4 is 16.0 Å². The van der Waals surface area contributed by atoms with Crippen LogP contribution in [-0.4, -0.2) is 25.8 Å². The van der Waals surface area contributed by atoms with Crippen molar-refractivity contribution >= 4 is 6.41 Å². The van der Waals surface area contributed by atoms with Crippen molar-refractivity contribution in [1.82, 2.24) is 16.0 Å². The molecule has 1 rings (SSSR count). The van der Waals surface area contributed by atoms with Gasteiger partial charge < -0.3 is 10.6 Å². The molecule has 0 aliphatic carbocycles. The molecule has 4 heteroatoms. The lowest BCUT2D eigenvalue weighted by molar-refractivity contribution is -0.110. The van der Waals surface area contributed by atoms with Gasteiger partial charge in [-0.15, -0.1) is 0 Å². The number of carbonyl (C=O) groups is 1. The van der Waals surface area contributed by atoms with E-state index in [4.69, 9.17) is 0 Å². The van der Waals surface area contributed by atoms with Crippen LogP contribution in [0.15, 0.2) is 0 Å². The summed E-state index contributed by atoms with van der Waals surface area (Å²) >= 11 is 0. The summed E-state index contributed by atoms with van der Waals surface area (Å²) < 4.78 is 0. The number of nitrogens with one attached hydrogen (secondary N) is 3. The van der Waals surface area contributed by atoms with E-state index in [1.807, 2.05) is 0 Å². The van der Waals surface area contributed by atoms with Gasteiger partial charge in [-0.05, 0) is 0 Å². The average Bonchev–Trinajstić information content (AvgIpc) is 2.19. The van der Waals surface area contributed by atoms with Crippen LogP contribution in [0.5, 0.6) is 0 Å². The fourth-order valence-corrected chi connectivity index (χ4v) is 0.684. The molecule has 1 saturated heterocycles. The Hall–Kier alpha value is -0.610. The first-order valence-electron chi connectivity index (χ1n) is 2.57. The number of hydrogen-bond acceptors (Lipinski definition) is 3. The molecule has 0 aromatic carbocycles. The minimum absolute atomic E-state index is 0.132. The predicted molar refractivity (Wildman–Crippen MR) is 29.0 cm³/mol. The molecule has 1 unspecified atom stereocenters. The average molecular weight is 115 g/mol. The maximum atomic E-state index is 9.78. The molecule has 1 amide bonds. The summed E-state index contributed by atoms with van der Waals surface area (Å²) in [4.78, 5) is 9.78. The molecule has 0 saturated carbocycles. The van der Waals surface area contributed by atoms with Gasteiger partial charge in [0, 0.05) is 13.2 Å². The maximum absolute atomic E-state index is 9.78. The second-order valence-corrected chi connectivity index (χ2v) is 1.67. The molecule has 0 aromatic rings. The minimum atomic E-state index is 0.132. The highest BCUT2D eigenvalue weighted by Crippen LogP contribution is 1.77. The summed E-state index contributed by atoms with van der Waals surface area (Å²) in [6.45, 7) is 1.60. The van der Waals surface area contributed by atoms with Crippen LogP contribution in [0.4, 0.5) is 0 Å². The van der Waals surface area contributed by atoms with Crippen molar-refractivity contribution in [1.29, 1.82) is 0 Å². The molecule has 1 fully saturated rings. The van der Waals surface area contributed by atoms with E-state index in [1.165, 1.54) is 0 Å². The molecule has 1 aliphatic heterocycles. The van der Waals surface area contributed by atoms with Crippen molar-refractivity contribution in [3.05, 3.63) is 0 Å². The molecule has 1 aliphatic rings. The third kappa shape index (κ3) is 1.18. The Kier molecular flexibility index (Phi) is 1.82. The Morgan fingerprint density at radius 1 is 1.75 bits per heavy atom. The van der Waals surface area contributed by atoms with Gasteiger partial charge in [-0.25, -0.2) is 0 Å². The van der Waals surface area contributed by atoms with E-state index in [0.29, 0.717) is 6.41 Å². The lowest BCUT2D eigenvalue weighted by Gasteiger charge is -2.04. The van der Waals surface area contributed by atoms with E-state index in [1.54, 1.807) is 0 Å². The van der Waals surface area contributed by atoms with E-state index in [2.05, 4.69) is 16.0 Å². The van der Waals surface area contributed by atoms with Crippen LogP contribution in [0.25, 0.3) is 0 Å². The molecule has 0 spiro atoms. The quantitative estimate of drug-likeness (QED) is 0.372. The van der Waals surface area contributed by atoms with Gasteiger partial charge in [0.15, 0.2) is 0 Å². The maximum Gasteiger partial charge on any atom is 0.208 e. The van der Waals surface area contributed by atoms with Crippen molar-refractivity contribution in [2.24, 2.45) is 0 Å². The van der Waals surface area contributed by atoms with E-state index in [-0.39, 0.29) is 6.17 Å². The summed E-state index contributed by atoms with van der Waals surface area (Å²) in [6.07, 6.45) is 0.831. The first kappa shape index (κ1) is 5.53. The molecule has 0 radical (unpaired) electrons. The van der Waals surface area contributed by atoms with E-state index in [0.717, 1.165) is 13.2 Å². The first-order chi connectivity index (χ1) is 3.93. The summed E-state index contributed by atoms with van der Waals surface area (Å²) in [5, 5.41) is 8.62. The van der Waals surface area contributed by atoms with Crippen molar-refractivity contribution in [3.8, 4) is 0 Å². The number of amides is 1. The normalized spacial score (nSPS) is 27.8. The molecule has 3 N–H and O–H groups in total. The number of carbonyl (C=O) groups excluding carboxylic acids is 1. The summed E-state index contributed by atoms with van der Waals surface area (Å²) in [6, 6.07) is 0. The Balaban J connectivity index is 2.14. The zero-order valence-corrected chi connectivity index (χ0v) is 4.48. The largest absolute Gasteiger partial charge is 0.342 e. The lowest BCUT2D eigenvalue weighted by atomic mass is 10.5. The molecular weight excluding hydrogens is 106 g/mol. The third-order valence-electron chi connectivity index (χ3n) is 1.09. The lowest BCUT2D eigenvalue weighted by Crippen LogP contribution is -2.38. The molecule has 1 heterocycles. The Bertz CT molecular complexity index is 79.4. The van der Waals surface area contributed by atoms with Crippen LogP contribution in [0, 0.1) is 0 Å². The van der Waals surface area contributed by atoms with Crippen LogP contribution >= 0.6 is 0 Å². The zero-order valence-electron chi connectivity index (χ0n) is 4.48. The second kappa shape index (κ2) is 2.64. The Labute approximate surface area is 47.6 Å². The van der Waals surface area contributed by atoms with E-state index < -0.39 is 0 Å². The van der Waals surface area contributed by atoms with Gasteiger partial charge in [-0.2, -0.15) is 0 Å². The SMILES string of the molecule is O=CNC1CNCN1. The predicted octanol–water partition coefficient (Wildman–Crippen LogP) is -1.79. The first-order valence-corrected chi connectivity index (χ1v) is 2.57. The highest BCUT2D eigenvalue weighted by Gasteiger charge is 2.09. The fraction of sp³-hybridized carbons (Fsp3) is 0.750. The molecular formula is C4H9N3O. The highest BCUT2D eigenvalue weighted by molar-refractivity contribution is 5.46. The Morgan fingerprint density at radius 2 is 2.62 bits per heavy atom. The topological polar surface area (TPSA) is 53.2 Å². The van der Waals surface area contributed by atoms with Crippen molar-refractivity contribution in [2.75, 3.05) is 13.2 Å². The monoisotopic (exact) mass is 115 g/mol. The van der Waals surface area contributed by atoms with E-state index >= 15 is 0 Å². The second-order valence-electron chi connectivity index (χ2n) is 1.67. The molecule has 8 heavy (non-hydrogen) atoms. The highest BCUT2D eigenvalue weighted by atomic mass is 16.1. The summed E-state index contributed by atoms with van der Waals surface area (Å²) in [5.41, 5.74) is 0. The smallest absolute Gasteiger partial charge is 0.208 e. The van der Waals surface area contributed by atoms with Crippen LogP contribution in [0.3, 0.4) is 0 Å². The summed E-state index contributed by atoms with van der Waals surface area (Å²) in [7, 11) is 0. The van der Waals surface area contributed by atoms with Gasteiger partial charge in [0.05, 0.1) is 6.17 Å². The van der Waals surface area contributed by atoms with Crippen LogP contribution in [0.1, 0.15) is 0 Å². The standard InChI is InChI=1S/C4H9N3O/c8-3-7-4-1-5-2-6-4/h3-6H,1-2H2,(H,7,8). The van der Waals surface area contributed by atoms with E-state index in [9.17, 15) is 4.79 Å². The Morgan fingerprint density at radius 3 is 3.12 bits per heavy atom. The molecule has 0 bridgehead atoms. The minimum Gasteiger partial charge on any atom is -0.342 e. The van der Waals surface area contributed by atoms with Crippen molar-refractivity contribution < 1.29 is 4.79 Å². The van der Waals surface area contributed by atoms with Gasteiger partial charge in [0.1, 0.15) is 0 Å². The van der Waals surface area contributed by atoms with Gasteiger partial charge in [-0.1, -0.05) is 0 Å². The fourth-order valence-electron chi connectivity index (χ4n) is 0.684. The zero-order chi connectivity index (χ0) is 5.82. The van der Waals surface area contributed by atoms with Gasteiger partial charge in [-0.3, -0.25) is 10.1 Å². The third-order valence-corrected chi connectivity index (χ3v) is 1.09.